The zero-order valence-electron chi connectivity index (χ0n) is 11.3. The number of carbonyl (C=O) groups excluding carboxylic acids is 1. The molecule has 21 heavy (non-hydrogen) atoms. The quantitative estimate of drug-likeness (QED) is 0.851. The Hall–Kier alpha value is -2.63. The Kier molecular flexibility index (Phi) is 4.37. The summed E-state index contributed by atoms with van der Waals surface area (Å²) in [6, 6.07) is 7.75. The third-order valence-corrected chi connectivity index (χ3v) is 2.70. The maximum atomic E-state index is 13.5. The number of para-hydroxylation sites is 1. The molecule has 110 valence electrons. The normalized spacial score (nSPS) is 10.2. The van der Waals surface area contributed by atoms with Crippen molar-refractivity contribution < 1.29 is 18.3 Å². The number of nitrogens with two attached hydrogens (primary N) is 1. The van der Waals surface area contributed by atoms with E-state index in [1.54, 1.807) is 13.0 Å². The summed E-state index contributed by atoms with van der Waals surface area (Å²) in [5.74, 6) is -1.96. The molecular formula is C15H14F2N2O2. The predicted octanol–water partition coefficient (Wildman–Crippen LogP) is 3.20. The van der Waals surface area contributed by atoms with Crippen molar-refractivity contribution in [2.24, 2.45) is 0 Å². The maximum absolute atomic E-state index is 13.5. The van der Waals surface area contributed by atoms with Crippen LogP contribution >= 0.6 is 0 Å². The fourth-order valence-electron chi connectivity index (χ4n) is 1.81. The van der Waals surface area contributed by atoms with Crippen molar-refractivity contribution in [3.05, 3.63) is 53.6 Å². The van der Waals surface area contributed by atoms with Crippen molar-refractivity contribution in [3.8, 4) is 5.75 Å². The van der Waals surface area contributed by atoms with Gasteiger partial charge in [0.15, 0.2) is 0 Å². The van der Waals surface area contributed by atoms with Crippen LogP contribution in [0, 0.1) is 11.6 Å². The van der Waals surface area contributed by atoms with Crippen LogP contribution in [0.15, 0.2) is 36.4 Å². The van der Waals surface area contributed by atoms with Gasteiger partial charge in [-0.15, -0.1) is 0 Å². The minimum atomic E-state index is -0.850. The van der Waals surface area contributed by atoms with Gasteiger partial charge < -0.3 is 15.8 Å². The van der Waals surface area contributed by atoms with Crippen LogP contribution in [-0.2, 0) is 0 Å². The lowest BCUT2D eigenvalue weighted by atomic mass is 10.1. The highest BCUT2D eigenvalue weighted by molar-refractivity contribution is 6.05. The third kappa shape index (κ3) is 3.47. The van der Waals surface area contributed by atoms with Crippen LogP contribution < -0.4 is 15.8 Å². The van der Waals surface area contributed by atoms with Gasteiger partial charge in [0.05, 0.1) is 6.61 Å². The number of amides is 1. The second-order valence-electron chi connectivity index (χ2n) is 4.27. The minimum Gasteiger partial charge on any atom is -0.494 e. The number of nitrogen functional groups attached to an aromatic ring is 1. The Bertz CT molecular complexity index is 654. The Morgan fingerprint density at radius 1 is 1.24 bits per heavy atom. The van der Waals surface area contributed by atoms with Gasteiger partial charge in [-0.1, -0.05) is 6.07 Å². The summed E-state index contributed by atoms with van der Waals surface area (Å²) < 4.78 is 32.3. The molecule has 0 aromatic heterocycles. The molecule has 0 saturated carbocycles. The van der Waals surface area contributed by atoms with Crippen molar-refractivity contribution in [2.45, 2.75) is 6.92 Å². The van der Waals surface area contributed by atoms with E-state index in [4.69, 9.17) is 10.5 Å². The van der Waals surface area contributed by atoms with Gasteiger partial charge in [-0.2, -0.15) is 0 Å². The number of nitrogens with one attached hydrogen (secondary N) is 1. The van der Waals surface area contributed by atoms with Gasteiger partial charge in [-0.3, -0.25) is 4.79 Å². The lowest BCUT2D eigenvalue weighted by molar-refractivity contribution is 0.102. The van der Waals surface area contributed by atoms with Gasteiger partial charge in [0.25, 0.3) is 5.91 Å². The average molecular weight is 292 g/mol. The van der Waals surface area contributed by atoms with E-state index in [1.165, 1.54) is 18.2 Å². The topological polar surface area (TPSA) is 64.3 Å². The number of benzene rings is 2. The monoisotopic (exact) mass is 292 g/mol. The van der Waals surface area contributed by atoms with E-state index in [0.29, 0.717) is 18.0 Å². The van der Waals surface area contributed by atoms with Crippen molar-refractivity contribution >= 4 is 17.3 Å². The van der Waals surface area contributed by atoms with E-state index in [2.05, 4.69) is 5.32 Å². The maximum Gasteiger partial charge on any atom is 0.256 e. The molecule has 0 bridgehead atoms. The number of hydrogen-bond donors (Lipinski definition) is 2. The van der Waals surface area contributed by atoms with Crippen LogP contribution in [0.1, 0.15) is 17.3 Å². The zero-order valence-corrected chi connectivity index (χ0v) is 11.3. The highest BCUT2D eigenvalue weighted by Crippen LogP contribution is 2.22. The van der Waals surface area contributed by atoms with Crippen molar-refractivity contribution in [3.63, 3.8) is 0 Å². The number of rotatable bonds is 4. The third-order valence-electron chi connectivity index (χ3n) is 2.70. The summed E-state index contributed by atoms with van der Waals surface area (Å²) in [6.07, 6.45) is 0. The van der Waals surface area contributed by atoms with Crippen LogP contribution in [0.2, 0.25) is 0 Å². The molecule has 2 aromatic rings. The van der Waals surface area contributed by atoms with Crippen molar-refractivity contribution in [2.75, 3.05) is 17.7 Å². The van der Waals surface area contributed by atoms with Crippen molar-refractivity contribution in [1.29, 1.82) is 0 Å². The fourth-order valence-corrected chi connectivity index (χ4v) is 1.81. The molecule has 0 atom stereocenters. The zero-order chi connectivity index (χ0) is 15.4. The molecule has 6 heteroatoms. The van der Waals surface area contributed by atoms with E-state index in [-0.39, 0.29) is 5.56 Å². The first-order chi connectivity index (χ1) is 10.0. The molecule has 0 aliphatic heterocycles. The second kappa shape index (κ2) is 6.21. The van der Waals surface area contributed by atoms with Gasteiger partial charge in [-0.05, 0) is 31.2 Å². The van der Waals surface area contributed by atoms with Crippen LogP contribution in [0.25, 0.3) is 0 Å². The molecule has 0 heterocycles. The molecular weight excluding hydrogens is 278 g/mol. The molecule has 1 amide bonds. The highest BCUT2D eigenvalue weighted by atomic mass is 19.1. The molecule has 0 fully saturated rings. The van der Waals surface area contributed by atoms with Gasteiger partial charge >= 0.3 is 0 Å². The van der Waals surface area contributed by atoms with Gasteiger partial charge in [0.1, 0.15) is 23.1 Å². The molecule has 0 spiro atoms. The standard InChI is InChI=1S/C15H14F2N2O2/c1-2-21-11-7-9(6-10(18)8-11)15(20)19-14-12(16)4-3-5-13(14)17/h3-8H,2,18H2,1H3,(H,19,20). The highest BCUT2D eigenvalue weighted by Gasteiger charge is 2.14. The van der Waals surface area contributed by atoms with E-state index in [1.807, 2.05) is 0 Å². The lowest BCUT2D eigenvalue weighted by Gasteiger charge is -2.10. The fraction of sp³-hybridized carbons (Fsp3) is 0.133. The summed E-state index contributed by atoms with van der Waals surface area (Å²) in [4.78, 5) is 12.1. The average Bonchev–Trinajstić information content (AvgIpc) is 2.42. The number of anilines is 2. The Balaban J connectivity index is 2.28. The molecule has 0 unspecified atom stereocenters. The number of carbonyl (C=O) groups is 1. The van der Waals surface area contributed by atoms with Gasteiger partial charge in [0, 0.05) is 17.3 Å². The van der Waals surface area contributed by atoms with Crippen molar-refractivity contribution in [1.82, 2.24) is 0 Å². The molecule has 2 aromatic carbocycles. The first-order valence-electron chi connectivity index (χ1n) is 6.30. The van der Waals surface area contributed by atoms with Crippen LogP contribution in [0.4, 0.5) is 20.2 Å². The number of halogens is 2. The molecule has 0 radical (unpaired) electrons. The lowest BCUT2D eigenvalue weighted by Crippen LogP contribution is -2.15. The summed E-state index contributed by atoms with van der Waals surface area (Å²) >= 11 is 0. The molecule has 4 nitrogen and oxygen atoms in total. The molecule has 0 aliphatic carbocycles. The molecule has 0 saturated heterocycles. The Labute approximate surface area is 120 Å². The van der Waals surface area contributed by atoms with E-state index >= 15 is 0 Å². The Morgan fingerprint density at radius 2 is 1.90 bits per heavy atom. The SMILES string of the molecule is CCOc1cc(N)cc(C(=O)Nc2c(F)cccc2F)c1. The summed E-state index contributed by atoms with van der Waals surface area (Å²) in [5.41, 5.74) is 5.65. The minimum absolute atomic E-state index is 0.154. The first-order valence-corrected chi connectivity index (χ1v) is 6.30. The summed E-state index contributed by atoms with van der Waals surface area (Å²) in [6.45, 7) is 2.20. The number of ether oxygens (including phenoxy) is 1. The van der Waals surface area contributed by atoms with Gasteiger partial charge in [-0.25, -0.2) is 8.78 Å². The second-order valence-corrected chi connectivity index (χ2v) is 4.27. The first kappa shape index (κ1) is 14.8. The Morgan fingerprint density at radius 3 is 2.52 bits per heavy atom. The largest absolute Gasteiger partial charge is 0.494 e. The van der Waals surface area contributed by atoms with E-state index < -0.39 is 23.2 Å². The van der Waals surface area contributed by atoms with Gasteiger partial charge in [0.2, 0.25) is 0 Å². The summed E-state index contributed by atoms with van der Waals surface area (Å²) in [7, 11) is 0. The van der Waals surface area contributed by atoms with Crippen LogP contribution in [0.3, 0.4) is 0 Å². The predicted molar refractivity (Wildman–Crippen MR) is 76.3 cm³/mol. The summed E-state index contributed by atoms with van der Waals surface area (Å²) in [5, 5.41) is 2.19. The van der Waals surface area contributed by atoms with E-state index in [9.17, 15) is 13.6 Å². The van der Waals surface area contributed by atoms with Crippen LogP contribution in [0.5, 0.6) is 5.75 Å². The van der Waals surface area contributed by atoms with Crippen LogP contribution in [-0.4, -0.2) is 12.5 Å². The van der Waals surface area contributed by atoms with E-state index in [0.717, 1.165) is 12.1 Å². The molecule has 2 rings (SSSR count). The number of hydrogen-bond acceptors (Lipinski definition) is 3. The molecule has 3 N–H and O–H groups in total. The molecule has 0 aliphatic rings. The smallest absolute Gasteiger partial charge is 0.256 e.